The topological polar surface area (TPSA) is 55.2 Å². The summed E-state index contributed by atoms with van der Waals surface area (Å²) in [6.45, 7) is 9.75. The molecule has 0 N–H and O–H groups in total. The summed E-state index contributed by atoms with van der Waals surface area (Å²) >= 11 is 2.88. The Balaban J connectivity index is 2.61. The van der Waals surface area contributed by atoms with Gasteiger partial charge in [-0.15, -0.1) is 11.3 Å². The highest BCUT2D eigenvalue weighted by molar-refractivity contribution is 8.00. The molecule has 5 nitrogen and oxygen atoms in total. The maximum atomic E-state index is 12.9. The van der Waals surface area contributed by atoms with E-state index in [1.165, 1.54) is 23.1 Å². The van der Waals surface area contributed by atoms with Crippen LogP contribution in [0, 0.1) is 13.8 Å². The summed E-state index contributed by atoms with van der Waals surface area (Å²) in [7, 11) is 3.47. The molecule has 0 aliphatic heterocycles. The summed E-state index contributed by atoms with van der Waals surface area (Å²) in [5.41, 5.74) is 0.990. The molecule has 7 heteroatoms. The number of aromatic nitrogens is 2. The van der Waals surface area contributed by atoms with Crippen molar-refractivity contribution in [2.45, 2.75) is 51.1 Å². The van der Waals surface area contributed by atoms with Crippen molar-refractivity contribution in [3.63, 3.8) is 0 Å². The van der Waals surface area contributed by atoms with Crippen molar-refractivity contribution in [1.29, 1.82) is 0 Å². The normalized spacial score (nSPS) is 12.9. The van der Waals surface area contributed by atoms with Gasteiger partial charge in [0.2, 0.25) is 5.91 Å². The molecule has 2 heterocycles. The quantitative estimate of drug-likeness (QED) is 0.625. The van der Waals surface area contributed by atoms with Gasteiger partial charge in [-0.05, 0) is 40.2 Å². The fraction of sp³-hybridized carbons (Fsp3) is 0.562. The molecule has 0 spiro atoms. The van der Waals surface area contributed by atoms with E-state index in [0.717, 1.165) is 15.3 Å². The Labute approximate surface area is 144 Å². The SMILES string of the molecule is Cc1sc2nc(S[C@H](C)C(=O)N(C)C)n(C(C)C)c(=O)c2c1C. The Morgan fingerprint density at radius 2 is 1.87 bits per heavy atom. The van der Waals surface area contributed by atoms with Crippen LogP contribution < -0.4 is 5.56 Å². The van der Waals surface area contributed by atoms with Crippen molar-refractivity contribution < 1.29 is 4.79 Å². The van der Waals surface area contributed by atoms with Gasteiger partial charge in [0.15, 0.2) is 5.16 Å². The zero-order valence-electron chi connectivity index (χ0n) is 14.6. The van der Waals surface area contributed by atoms with Crippen LogP contribution in [0.1, 0.15) is 37.3 Å². The highest BCUT2D eigenvalue weighted by Gasteiger charge is 2.23. The molecule has 2 aromatic heterocycles. The van der Waals surface area contributed by atoms with E-state index in [9.17, 15) is 9.59 Å². The van der Waals surface area contributed by atoms with Gasteiger partial charge >= 0.3 is 0 Å². The molecule has 0 fully saturated rings. The van der Waals surface area contributed by atoms with Crippen LogP contribution in [0.2, 0.25) is 0 Å². The van der Waals surface area contributed by atoms with E-state index in [0.29, 0.717) is 10.5 Å². The van der Waals surface area contributed by atoms with E-state index < -0.39 is 0 Å². The second-order valence-corrected chi connectivity index (χ2v) is 8.63. The van der Waals surface area contributed by atoms with Crippen LogP contribution in [0.25, 0.3) is 10.2 Å². The lowest BCUT2D eigenvalue weighted by Crippen LogP contribution is -2.31. The van der Waals surface area contributed by atoms with Gasteiger partial charge < -0.3 is 4.90 Å². The molecule has 0 unspecified atom stereocenters. The predicted octanol–water partition coefficient (Wildman–Crippen LogP) is 3.22. The van der Waals surface area contributed by atoms with E-state index in [2.05, 4.69) is 0 Å². The Morgan fingerprint density at radius 1 is 1.26 bits per heavy atom. The molecular formula is C16H23N3O2S2. The van der Waals surface area contributed by atoms with E-state index >= 15 is 0 Å². The van der Waals surface area contributed by atoms with E-state index in [-0.39, 0.29) is 22.8 Å². The minimum absolute atomic E-state index is 0.0110. The second kappa shape index (κ2) is 6.65. The van der Waals surface area contributed by atoms with Crippen LogP contribution in [-0.2, 0) is 4.79 Å². The molecule has 0 aromatic carbocycles. The van der Waals surface area contributed by atoms with Crippen molar-refractivity contribution >= 4 is 39.2 Å². The minimum atomic E-state index is -0.290. The highest BCUT2D eigenvalue weighted by atomic mass is 32.2. The van der Waals surface area contributed by atoms with Crippen LogP contribution in [0.4, 0.5) is 0 Å². The van der Waals surface area contributed by atoms with Gasteiger partial charge in [-0.1, -0.05) is 11.8 Å². The van der Waals surface area contributed by atoms with Crippen molar-refractivity contribution in [2.75, 3.05) is 14.1 Å². The van der Waals surface area contributed by atoms with Crippen molar-refractivity contribution in [3.8, 4) is 0 Å². The molecule has 0 saturated heterocycles. The molecule has 0 radical (unpaired) electrons. The first-order valence-corrected chi connectivity index (χ1v) is 9.24. The van der Waals surface area contributed by atoms with Crippen molar-refractivity contribution in [1.82, 2.24) is 14.5 Å². The van der Waals surface area contributed by atoms with Crippen LogP contribution >= 0.6 is 23.1 Å². The number of carbonyl (C=O) groups is 1. The number of thioether (sulfide) groups is 1. The summed E-state index contributed by atoms with van der Waals surface area (Å²) in [6, 6.07) is -0.0110. The molecule has 126 valence electrons. The summed E-state index contributed by atoms with van der Waals surface area (Å²) in [4.78, 5) is 33.2. The fourth-order valence-corrected chi connectivity index (χ4v) is 4.66. The van der Waals surface area contributed by atoms with E-state index in [4.69, 9.17) is 4.98 Å². The molecule has 1 atom stereocenters. The number of carbonyl (C=O) groups excluding carboxylic acids is 1. The van der Waals surface area contributed by atoms with Crippen LogP contribution in [0.5, 0.6) is 0 Å². The Morgan fingerprint density at radius 3 is 2.39 bits per heavy atom. The van der Waals surface area contributed by atoms with E-state index in [1.54, 1.807) is 23.6 Å². The number of amides is 1. The monoisotopic (exact) mass is 353 g/mol. The van der Waals surface area contributed by atoms with Gasteiger partial charge in [-0.2, -0.15) is 0 Å². The molecule has 2 aromatic rings. The zero-order chi connectivity index (χ0) is 17.5. The highest BCUT2D eigenvalue weighted by Crippen LogP contribution is 2.31. The molecule has 0 aliphatic rings. The average Bonchev–Trinajstić information content (AvgIpc) is 2.72. The first-order valence-electron chi connectivity index (χ1n) is 7.55. The predicted molar refractivity (Wildman–Crippen MR) is 97.8 cm³/mol. The van der Waals surface area contributed by atoms with Gasteiger partial charge in [0.05, 0.1) is 10.6 Å². The standard InChI is InChI=1S/C16H23N3O2S2/c1-8(2)19-15(21)12-9(3)10(4)22-13(12)17-16(19)23-11(5)14(20)18(6)7/h8,11H,1-7H3/t11-/m1/s1. The lowest BCUT2D eigenvalue weighted by Gasteiger charge is -2.19. The summed E-state index contributed by atoms with van der Waals surface area (Å²) < 4.78 is 1.70. The fourth-order valence-electron chi connectivity index (χ4n) is 2.40. The van der Waals surface area contributed by atoms with E-state index in [1.807, 2.05) is 34.6 Å². The summed E-state index contributed by atoms with van der Waals surface area (Å²) in [6.07, 6.45) is 0. The first kappa shape index (κ1) is 18.0. The third-order valence-electron chi connectivity index (χ3n) is 3.79. The number of thiophene rings is 1. The van der Waals surface area contributed by atoms with Crippen molar-refractivity contribution in [3.05, 3.63) is 20.8 Å². The zero-order valence-corrected chi connectivity index (χ0v) is 16.3. The number of rotatable bonds is 4. The Kier molecular flexibility index (Phi) is 5.20. The molecule has 1 amide bonds. The third-order valence-corrected chi connectivity index (χ3v) is 5.94. The third kappa shape index (κ3) is 3.30. The largest absolute Gasteiger partial charge is 0.348 e. The maximum Gasteiger partial charge on any atom is 0.263 e. The Bertz CT molecular complexity index is 806. The number of hydrogen-bond acceptors (Lipinski definition) is 5. The van der Waals surface area contributed by atoms with Crippen LogP contribution in [-0.4, -0.2) is 39.7 Å². The lowest BCUT2D eigenvalue weighted by atomic mass is 10.2. The van der Waals surface area contributed by atoms with Gasteiger partial charge in [-0.3, -0.25) is 14.2 Å². The summed E-state index contributed by atoms with van der Waals surface area (Å²) in [5, 5.41) is 1.03. The van der Waals surface area contributed by atoms with Gasteiger partial charge in [0.1, 0.15) is 4.83 Å². The maximum absolute atomic E-state index is 12.9. The molecule has 2 rings (SSSR count). The number of nitrogens with zero attached hydrogens (tertiary/aromatic N) is 3. The smallest absolute Gasteiger partial charge is 0.263 e. The first-order chi connectivity index (χ1) is 10.6. The summed E-state index contributed by atoms with van der Waals surface area (Å²) in [5.74, 6) is 0.0122. The molecule has 0 aliphatic carbocycles. The molecular weight excluding hydrogens is 330 g/mol. The number of hydrogen-bond donors (Lipinski definition) is 0. The van der Waals surface area contributed by atoms with Crippen LogP contribution in [0.3, 0.4) is 0 Å². The van der Waals surface area contributed by atoms with Crippen molar-refractivity contribution in [2.24, 2.45) is 0 Å². The Hall–Kier alpha value is -1.34. The molecule has 23 heavy (non-hydrogen) atoms. The number of aryl methyl sites for hydroxylation is 2. The van der Waals surface area contributed by atoms with Crippen LogP contribution in [0.15, 0.2) is 9.95 Å². The van der Waals surface area contributed by atoms with Gasteiger partial charge in [-0.25, -0.2) is 4.98 Å². The van der Waals surface area contributed by atoms with Gasteiger partial charge in [0, 0.05) is 25.0 Å². The van der Waals surface area contributed by atoms with Gasteiger partial charge in [0.25, 0.3) is 5.56 Å². The average molecular weight is 354 g/mol. The molecule has 0 saturated carbocycles. The molecule has 0 bridgehead atoms. The minimum Gasteiger partial charge on any atom is -0.348 e. The lowest BCUT2D eigenvalue weighted by molar-refractivity contribution is -0.127. The number of fused-ring (bicyclic) bond motifs is 1. The second-order valence-electron chi connectivity index (χ2n) is 6.12.